The smallest absolute Gasteiger partial charge is 0.337 e. The molecule has 194 valence electrons. The monoisotopic (exact) mass is 472 g/mol. The molecule has 4 atom stereocenters. The summed E-state index contributed by atoms with van der Waals surface area (Å²) in [5.41, 5.74) is -2.56. The van der Waals surface area contributed by atoms with Crippen LogP contribution in [0.2, 0.25) is 0 Å². The third-order valence-electron chi connectivity index (χ3n) is 6.52. The van der Waals surface area contributed by atoms with Gasteiger partial charge in [0, 0.05) is 0 Å². The molecule has 0 aromatic rings. The second kappa shape index (κ2) is 17.8. The highest BCUT2D eigenvalue weighted by Crippen LogP contribution is 2.30. The first kappa shape index (κ1) is 31.4. The van der Waals surface area contributed by atoms with E-state index in [2.05, 4.69) is 13.8 Å². The van der Waals surface area contributed by atoms with E-state index in [1.54, 1.807) is 0 Å². The average molecular weight is 473 g/mol. The second-order valence-corrected chi connectivity index (χ2v) is 9.25. The maximum atomic E-state index is 12.9. The molecule has 0 amide bonds. The second-order valence-electron chi connectivity index (χ2n) is 9.25. The third kappa shape index (κ3) is 11.9. The van der Waals surface area contributed by atoms with Crippen molar-refractivity contribution in [3.63, 3.8) is 0 Å². The lowest BCUT2D eigenvalue weighted by molar-refractivity contribution is -0.183. The minimum absolute atomic E-state index is 0.130. The molecule has 0 aliphatic carbocycles. The number of aliphatic carboxylic acids is 1. The van der Waals surface area contributed by atoms with Gasteiger partial charge in [-0.3, -0.25) is 9.59 Å². The number of hydrogen-bond donors (Lipinski definition) is 2. The van der Waals surface area contributed by atoms with Gasteiger partial charge >= 0.3 is 17.9 Å². The van der Waals surface area contributed by atoms with Crippen LogP contribution < -0.4 is 0 Å². The Balaban J connectivity index is 5.32. The molecule has 0 fully saturated rings. The Morgan fingerprint density at radius 1 is 0.758 bits per heavy atom. The van der Waals surface area contributed by atoms with E-state index in [0.29, 0.717) is 12.8 Å². The summed E-state index contributed by atoms with van der Waals surface area (Å²) < 4.78 is 10.8. The van der Waals surface area contributed by atoms with E-state index in [0.717, 1.165) is 51.4 Å². The molecule has 0 aliphatic rings. The van der Waals surface area contributed by atoms with Crippen LogP contribution in [0.25, 0.3) is 0 Å². The summed E-state index contributed by atoms with van der Waals surface area (Å²) in [6.07, 6.45) is 8.28. The molecule has 0 rings (SSSR count). The van der Waals surface area contributed by atoms with Gasteiger partial charge in [-0.2, -0.15) is 0 Å². The van der Waals surface area contributed by atoms with Crippen molar-refractivity contribution in [3.8, 4) is 0 Å². The Bertz CT molecular complexity index is 563. The zero-order valence-electron chi connectivity index (χ0n) is 21.6. The number of esters is 2. The molecule has 7 nitrogen and oxygen atoms in total. The lowest BCUT2D eigenvalue weighted by Gasteiger charge is -2.31. The Morgan fingerprint density at radius 3 is 1.64 bits per heavy atom. The Hall–Kier alpha value is -1.63. The predicted octanol–water partition coefficient (Wildman–Crippen LogP) is 5.52. The molecule has 0 aromatic heterocycles. The van der Waals surface area contributed by atoms with Crippen LogP contribution in [-0.4, -0.2) is 46.9 Å². The van der Waals surface area contributed by atoms with Gasteiger partial charge in [-0.15, -0.1) is 0 Å². The van der Waals surface area contributed by atoms with Crippen molar-refractivity contribution in [3.05, 3.63) is 0 Å². The van der Waals surface area contributed by atoms with Crippen LogP contribution in [0.4, 0.5) is 0 Å². The fourth-order valence-corrected chi connectivity index (χ4v) is 3.89. The minimum Gasteiger partial charge on any atom is -0.479 e. The Kier molecular flexibility index (Phi) is 16.9. The summed E-state index contributed by atoms with van der Waals surface area (Å²) in [5, 5.41) is 20.9. The molecule has 0 heterocycles. The van der Waals surface area contributed by atoms with Crippen molar-refractivity contribution in [1.29, 1.82) is 0 Å². The van der Waals surface area contributed by atoms with Crippen molar-refractivity contribution >= 4 is 17.9 Å². The highest BCUT2D eigenvalue weighted by molar-refractivity contribution is 5.90. The predicted molar refractivity (Wildman–Crippen MR) is 129 cm³/mol. The summed E-state index contributed by atoms with van der Waals surface area (Å²) in [7, 11) is 0. The number of aliphatic hydroxyl groups is 1. The van der Waals surface area contributed by atoms with Gasteiger partial charge in [-0.1, -0.05) is 86.0 Å². The van der Waals surface area contributed by atoms with Gasteiger partial charge in [0.15, 0.2) is 5.60 Å². The minimum atomic E-state index is -2.56. The first-order valence-electron chi connectivity index (χ1n) is 13.0. The quantitative estimate of drug-likeness (QED) is 0.225. The number of carbonyl (C=O) groups excluding carboxylic acids is 2. The van der Waals surface area contributed by atoms with E-state index in [1.807, 2.05) is 20.8 Å². The molecular weight excluding hydrogens is 424 g/mol. The highest BCUT2D eigenvalue weighted by Gasteiger charge is 2.50. The van der Waals surface area contributed by atoms with Crippen molar-refractivity contribution in [1.82, 2.24) is 0 Å². The molecule has 0 radical (unpaired) electrons. The summed E-state index contributed by atoms with van der Waals surface area (Å²) in [4.78, 5) is 37.5. The zero-order chi connectivity index (χ0) is 25.3. The van der Waals surface area contributed by atoms with Gasteiger partial charge in [-0.05, 0) is 31.1 Å². The van der Waals surface area contributed by atoms with Crippen LogP contribution in [0, 0.1) is 17.8 Å². The van der Waals surface area contributed by atoms with Crippen LogP contribution in [-0.2, 0) is 23.9 Å². The highest BCUT2D eigenvalue weighted by atomic mass is 16.5. The Morgan fingerprint density at radius 2 is 1.21 bits per heavy atom. The fourth-order valence-electron chi connectivity index (χ4n) is 3.89. The zero-order valence-corrected chi connectivity index (χ0v) is 21.6. The average Bonchev–Trinajstić information content (AvgIpc) is 2.79. The number of hydrogen-bond acceptors (Lipinski definition) is 6. The van der Waals surface area contributed by atoms with E-state index in [9.17, 15) is 24.6 Å². The topological polar surface area (TPSA) is 110 Å². The number of rotatable bonds is 20. The largest absolute Gasteiger partial charge is 0.479 e. The summed E-state index contributed by atoms with van der Waals surface area (Å²) >= 11 is 0. The van der Waals surface area contributed by atoms with Crippen molar-refractivity contribution in [2.45, 2.75) is 117 Å². The lowest BCUT2D eigenvalue weighted by atomic mass is 9.81. The number of ether oxygens (including phenoxy) is 2. The van der Waals surface area contributed by atoms with Gasteiger partial charge in [0.2, 0.25) is 0 Å². The molecule has 4 unspecified atom stereocenters. The van der Waals surface area contributed by atoms with Crippen LogP contribution in [0.1, 0.15) is 112 Å². The first-order valence-corrected chi connectivity index (χ1v) is 13.0. The van der Waals surface area contributed by atoms with Gasteiger partial charge in [0.25, 0.3) is 0 Å². The number of carbonyl (C=O) groups is 3. The molecule has 2 N–H and O–H groups in total. The van der Waals surface area contributed by atoms with E-state index >= 15 is 0 Å². The maximum Gasteiger partial charge on any atom is 0.337 e. The van der Waals surface area contributed by atoms with Crippen LogP contribution in [0.3, 0.4) is 0 Å². The number of unbranched alkanes of at least 4 members (excludes halogenated alkanes) is 3. The standard InChI is InChI=1S/C26H48O7/c1-6-11-14-20(9-4)18-32-23(27)17-26(31,25(29)30)22(16-13-8-3)24(28)33-19-21(10-5)15-12-7-2/h20-22,31H,6-19H2,1-5H3,(H,29,30). The lowest BCUT2D eigenvalue weighted by Crippen LogP contribution is -2.51. The summed E-state index contributed by atoms with van der Waals surface area (Å²) in [6.45, 7) is 10.5. The molecule has 0 aliphatic heterocycles. The fraction of sp³-hybridized carbons (Fsp3) is 0.885. The van der Waals surface area contributed by atoms with E-state index in [1.165, 1.54) is 0 Å². The van der Waals surface area contributed by atoms with Crippen LogP contribution >= 0.6 is 0 Å². The van der Waals surface area contributed by atoms with Gasteiger partial charge in [0.05, 0.1) is 25.6 Å². The molecule has 33 heavy (non-hydrogen) atoms. The maximum absolute atomic E-state index is 12.9. The van der Waals surface area contributed by atoms with E-state index < -0.39 is 35.8 Å². The molecule has 0 aromatic carbocycles. The number of carboxylic acid groups (broad SMARTS) is 1. The van der Waals surface area contributed by atoms with Crippen molar-refractivity contribution in [2.75, 3.05) is 13.2 Å². The van der Waals surface area contributed by atoms with E-state index in [4.69, 9.17) is 9.47 Å². The number of carboxylic acids is 1. The molecule has 0 spiro atoms. The molecule has 0 saturated carbocycles. The molecule has 0 saturated heterocycles. The first-order chi connectivity index (χ1) is 15.7. The molecule has 7 heteroatoms. The van der Waals surface area contributed by atoms with Crippen molar-refractivity contribution < 1.29 is 34.1 Å². The van der Waals surface area contributed by atoms with E-state index in [-0.39, 0.29) is 31.5 Å². The Labute approximate surface area is 200 Å². The van der Waals surface area contributed by atoms with Gasteiger partial charge in [-0.25, -0.2) is 4.79 Å². The molecular formula is C26H48O7. The normalized spacial score (nSPS) is 15.8. The summed E-state index contributed by atoms with van der Waals surface area (Å²) in [6, 6.07) is 0. The van der Waals surface area contributed by atoms with Gasteiger partial charge in [0.1, 0.15) is 0 Å². The molecule has 0 bridgehead atoms. The van der Waals surface area contributed by atoms with Crippen LogP contribution in [0.15, 0.2) is 0 Å². The van der Waals surface area contributed by atoms with Crippen LogP contribution in [0.5, 0.6) is 0 Å². The SMILES string of the molecule is CCCCC(CC)COC(=O)CC(O)(C(=O)O)C(CCCC)C(=O)OCC(CC)CCCC. The summed E-state index contributed by atoms with van der Waals surface area (Å²) in [5.74, 6) is -4.11. The van der Waals surface area contributed by atoms with Gasteiger partial charge < -0.3 is 19.7 Å². The van der Waals surface area contributed by atoms with Crippen molar-refractivity contribution in [2.24, 2.45) is 17.8 Å². The third-order valence-corrected chi connectivity index (χ3v) is 6.52.